The first-order chi connectivity index (χ1) is 12.4. The fourth-order valence-electron chi connectivity index (χ4n) is 2.74. The van der Waals surface area contributed by atoms with Crippen molar-refractivity contribution in [3.8, 4) is 0 Å². The molecule has 0 spiro atoms. The maximum Gasteiger partial charge on any atom is 0.231 e. The number of hydrogen-bond donors (Lipinski definition) is 1. The maximum atomic E-state index is 12.2. The van der Waals surface area contributed by atoms with E-state index >= 15 is 0 Å². The van der Waals surface area contributed by atoms with Gasteiger partial charge in [0, 0.05) is 13.0 Å². The number of nitrogens with zero attached hydrogens (tertiary/aromatic N) is 3. The molecule has 1 aromatic heterocycles. The first-order valence-corrected chi connectivity index (χ1v) is 9.79. The quantitative estimate of drug-likeness (QED) is 0.683. The third-order valence-corrected chi connectivity index (χ3v) is 5.03. The molecule has 0 saturated heterocycles. The SMILES string of the molecule is CCn1c(Cc2ccccc2)nnc1SCC(=O)NC(C(C)=O)C(C)C. The second kappa shape index (κ2) is 9.52. The molecule has 2 aromatic rings. The van der Waals surface area contributed by atoms with Gasteiger partial charge < -0.3 is 9.88 Å². The molecular formula is C19H26N4O2S. The Kier molecular flexibility index (Phi) is 7.38. The van der Waals surface area contributed by atoms with Crippen LogP contribution in [-0.4, -0.2) is 38.2 Å². The Morgan fingerprint density at radius 1 is 1.19 bits per heavy atom. The van der Waals surface area contributed by atoms with Crippen molar-refractivity contribution in [2.45, 2.75) is 51.9 Å². The van der Waals surface area contributed by atoms with Crippen molar-refractivity contribution >= 4 is 23.5 Å². The molecule has 2 rings (SSSR count). The van der Waals surface area contributed by atoms with E-state index in [-0.39, 0.29) is 23.4 Å². The predicted octanol–water partition coefficient (Wildman–Crippen LogP) is 2.71. The standard InChI is InChI=1S/C19H26N4O2S/c1-5-23-16(11-15-9-7-6-8-10-15)21-22-19(23)26-12-17(25)20-18(13(2)3)14(4)24/h6-10,13,18H,5,11-12H2,1-4H3,(H,20,25). The minimum absolute atomic E-state index is 0.0276. The minimum Gasteiger partial charge on any atom is -0.345 e. The van der Waals surface area contributed by atoms with Gasteiger partial charge in [-0.25, -0.2) is 0 Å². The fourth-order valence-corrected chi connectivity index (χ4v) is 3.57. The summed E-state index contributed by atoms with van der Waals surface area (Å²) in [7, 11) is 0. The zero-order chi connectivity index (χ0) is 19.1. The fraction of sp³-hybridized carbons (Fsp3) is 0.474. The molecule has 0 aliphatic heterocycles. The molecule has 0 aliphatic rings. The summed E-state index contributed by atoms with van der Waals surface area (Å²) in [5.74, 6) is 0.961. The van der Waals surface area contributed by atoms with Gasteiger partial charge in [-0.2, -0.15) is 0 Å². The normalized spacial score (nSPS) is 12.2. The number of nitrogens with one attached hydrogen (secondary N) is 1. The Morgan fingerprint density at radius 2 is 1.88 bits per heavy atom. The van der Waals surface area contributed by atoms with Crippen LogP contribution in [0, 0.1) is 5.92 Å². The number of carbonyl (C=O) groups is 2. The van der Waals surface area contributed by atoms with Crippen LogP contribution >= 0.6 is 11.8 Å². The van der Waals surface area contributed by atoms with E-state index in [2.05, 4.69) is 27.6 Å². The summed E-state index contributed by atoms with van der Waals surface area (Å²) in [5.41, 5.74) is 1.17. The van der Waals surface area contributed by atoms with E-state index in [1.165, 1.54) is 24.2 Å². The van der Waals surface area contributed by atoms with Gasteiger partial charge in [0.2, 0.25) is 5.91 Å². The highest BCUT2D eigenvalue weighted by molar-refractivity contribution is 7.99. The Labute approximate surface area is 158 Å². The number of benzene rings is 1. The lowest BCUT2D eigenvalue weighted by Crippen LogP contribution is -2.44. The van der Waals surface area contributed by atoms with Gasteiger partial charge in [0.25, 0.3) is 0 Å². The number of Topliss-reactive ketones (excluding diaryl/α,β-unsaturated/α-hetero) is 1. The molecule has 6 nitrogen and oxygen atoms in total. The van der Waals surface area contributed by atoms with E-state index in [1.807, 2.05) is 43.5 Å². The summed E-state index contributed by atoms with van der Waals surface area (Å²) in [5, 5.41) is 12.0. The zero-order valence-corrected chi connectivity index (χ0v) is 16.5. The molecule has 0 bridgehead atoms. The smallest absolute Gasteiger partial charge is 0.231 e. The zero-order valence-electron chi connectivity index (χ0n) is 15.7. The molecule has 1 amide bonds. The van der Waals surface area contributed by atoms with Crippen molar-refractivity contribution in [1.82, 2.24) is 20.1 Å². The van der Waals surface area contributed by atoms with Gasteiger partial charge in [0.1, 0.15) is 5.82 Å². The topological polar surface area (TPSA) is 76.9 Å². The molecule has 1 aromatic carbocycles. The first kappa shape index (κ1) is 20.2. The van der Waals surface area contributed by atoms with Crippen molar-refractivity contribution in [3.63, 3.8) is 0 Å². The Bertz CT molecular complexity index is 743. The van der Waals surface area contributed by atoms with E-state index in [9.17, 15) is 9.59 Å². The number of carbonyl (C=O) groups excluding carboxylic acids is 2. The summed E-state index contributed by atoms with van der Waals surface area (Å²) in [6.45, 7) is 8.11. The van der Waals surface area contributed by atoms with Crippen LogP contribution in [-0.2, 0) is 22.6 Å². The van der Waals surface area contributed by atoms with Crippen LogP contribution in [0.3, 0.4) is 0 Å². The highest BCUT2D eigenvalue weighted by atomic mass is 32.2. The van der Waals surface area contributed by atoms with E-state index in [4.69, 9.17) is 0 Å². The lowest BCUT2D eigenvalue weighted by atomic mass is 10.0. The molecule has 0 radical (unpaired) electrons. The third kappa shape index (κ3) is 5.42. The summed E-state index contributed by atoms with van der Waals surface area (Å²) < 4.78 is 2.02. The molecule has 7 heteroatoms. The Balaban J connectivity index is 1.99. The van der Waals surface area contributed by atoms with Crippen molar-refractivity contribution in [2.24, 2.45) is 5.92 Å². The summed E-state index contributed by atoms with van der Waals surface area (Å²) in [6, 6.07) is 9.66. The van der Waals surface area contributed by atoms with Crippen LogP contribution in [0.5, 0.6) is 0 Å². The molecule has 1 unspecified atom stereocenters. The highest BCUT2D eigenvalue weighted by Crippen LogP contribution is 2.19. The van der Waals surface area contributed by atoms with Crippen LogP contribution in [0.15, 0.2) is 35.5 Å². The van der Waals surface area contributed by atoms with Gasteiger partial charge in [-0.3, -0.25) is 9.59 Å². The van der Waals surface area contributed by atoms with Crippen LogP contribution < -0.4 is 5.32 Å². The van der Waals surface area contributed by atoms with Crippen molar-refractivity contribution < 1.29 is 9.59 Å². The molecule has 1 atom stereocenters. The summed E-state index contributed by atoms with van der Waals surface area (Å²) in [4.78, 5) is 23.8. The molecule has 0 saturated carbocycles. The van der Waals surface area contributed by atoms with E-state index < -0.39 is 6.04 Å². The maximum absolute atomic E-state index is 12.2. The number of aromatic nitrogens is 3. The Hall–Kier alpha value is -2.15. The van der Waals surface area contributed by atoms with Crippen molar-refractivity contribution in [1.29, 1.82) is 0 Å². The van der Waals surface area contributed by atoms with E-state index in [1.54, 1.807) is 0 Å². The van der Waals surface area contributed by atoms with E-state index in [0.29, 0.717) is 6.42 Å². The number of thioether (sulfide) groups is 1. The second-order valence-corrected chi connectivity index (χ2v) is 7.44. The number of ketones is 1. The van der Waals surface area contributed by atoms with Crippen LogP contribution in [0.25, 0.3) is 0 Å². The average molecular weight is 375 g/mol. The molecule has 0 aliphatic carbocycles. The van der Waals surface area contributed by atoms with Crippen LogP contribution in [0.2, 0.25) is 0 Å². The first-order valence-electron chi connectivity index (χ1n) is 8.81. The lowest BCUT2D eigenvalue weighted by Gasteiger charge is -2.19. The third-order valence-electron chi connectivity index (χ3n) is 4.07. The van der Waals surface area contributed by atoms with Gasteiger partial charge in [0.15, 0.2) is 10.9 Å². The minimum atomic E-state index is -0.444. The lowest BCUT2D eigenvalue weighted by molar-refractivity contribution is -0.126. The van der Waals surface area contributed by atoms with Gasteiger partial charge in [-0.05, 0) is 25.3 Å². The summed E-state index contributed by atoms with van der Waals surface area (Å²) >= 11 is 1.34. The van der Waals surface area contributed by atoms with Crippen LogP contribution in [0.1, 0.15) is 39.1 Å². The average Bonchev–Trinajstić information content (AvgIpc) is 2.99. The molecule has 0 fully saturated rings. The monoisotopic (exact) mass is 374 g/mol. The van der Waals surface area contributed by atoms with Gasteiger partial charge in [-0.15, -0.1) is 10.2 Å². The molecular weight excluding hydrogens is 348 g/mol. The summed E-state index contributed by atoms with van der Waals surface area (Å²) in [6.07, 6.45) is 0.703. The molecule has 140 valence electrons. The van der Waals surface area contributed by atoms with Crippen molar-refractivity contribution in [3.05, 3.63) is 41.7 Å². The van der Waals surface area contributed by atoms with Crippen molar-refractivity contribution in [2.75, 3.05) is 5.75 Å². The highest BCUT2D eigenvalue weighted by Gasteiger charge is 2.21. The predicted molar refractivity (Wildman–Crippen MR) is 103 cm³/mol. The molecule has 1 N–H and O–H groups in total. The Morgan fingerprint density at radius 3 is 2.46 bits per heavy atom. The van der Waals surface area contributed by atoms with E-state index in [0.717, 1.165) is 17.5 Å². The second-order valence-electron chi connectivity index (χ2n) is 6.49. The molecule has 1 heterocycles. The van der Waals surface area contributed by atoms with Gasteiger partial charge >= 0.3 is 0 Å². The van der Waals surface area contributed by atoms with Gasteiger partial charge in [0.05, 0.1) is 11.8 Å². The largest absolute Gasteiger partial charge is 0.345 e. The number of rotatable bonds is 9. The van der Waals surface area contributed by atoms with Crippen LogP contribution in [0.4, 0.5) is 0 Å². The molecule has 26 heavy (non-hydrogen) atoms. The number of amides is 1. The van der Waals surface area contributed by atoms with Gasteiger partial charge in [-0.1, -0.05) is 55.9 Å². The number of hydrogen-bond acceptors (Lipinski definition) is 5.